The molecule has 0 amide bonds. The van der Waals surface area contributed by atoms with Gasteiger partial charge in [0.25, 0.3) is 0 Å². The highest BCUT2D eigenvalue weighted by Crippen LogP contribution is 2.28. The summed E-state index contributed by atoms with van der Waals surface area (Å²) in [6.07, 6.45) is 4.41. The molecular weight excluding hydrogens is 310 g/mol. The molecule has 6 heteroatoms. The number of thioether (sulfide) groups is 1. The molecule has 2 rings (SSSR count). The molecule has 130 valence electrons. The van der Waals surface area contributed by atoms with E-state index in [-0.39, 0.29) is 5.69 Å². The number of hydrogen-bond acceptors (Lipinski definition) is 5. The molecule has 23 heavy (non-hydrogen) atoms. The molecule has 1 aromatic heterocycles. The third kappa shape index (κ3) is 4.81. The molecule has 0 saturated heterocycles. The summed E-state index contributed by atoms with van der Waals surface area (Å²) in [4.78, 5) is 19.3. The van der Waals surface area contributed by atoms with Crippen LogP contribution in [0.25, 0.3) is 0 Å². The first-order valence-corrected chi connectivity index (χ1v) is 9.66. The lowest BCUT2D eigenvalue weighted by Gasteiger charge is -2.24. The minimum atomic E-state index is -0.0854. The van der Waals surface area contributed by atoms with Gasteiger partial charge in [0, 0.05) is 37.2 Å². The van der Waals surface area contributed by atoms with Gasteiger partial charge in [-0.3, -0.25) is 4.57 Å². The van der Waals surface area contributed by atoms with Crippen LogP contribution in [0.3, 0.4) is 0 Å². The van der Waals surface area contributed by atoms with Gasteiger partial charge in [-0.25, -0.2) is 4.79 Å². The lowest BCUT2D eigenvalue weighted by Crippen LogP contribution is -2.35. The van der Waals surface area contributed by atoms with E-state index in [0.717, 1.165) is 49.8 Å². The summed E-state index contributed by atoms with van der Waals surface area (Å²) < 4.78 is 7.04. The number of rotatable bonds is 9. The molecule has 1 heterocycles. The zero-order valence-corrected chi connectivity index (χ0v) is 15.5. The van der Waals surface area contributed by atoms with Crippen molar-refractivity contribution in [3.63, 3.8) is 0 Å². The number of aromatic nitrogens is 2. The van der Waals surface area contributed by atoms with Crippen molar-refractivity contribution in [2.24, 2.45) is 0 Å². The Hall–Kier alpha value is -0.850. The Bertz CT molecular complexity index is 556. The second-order valence-electron chi connectivity index (χ2n) is 5.85. The van der Waals surface area contributed by atoms with Gasteiger partial charge in [0.15, 0.2) is 0 Å². The molecular formula is C17H29N3O2S. The van der Waals surface area contributed by atoms with E-state index < -0.39 is 0 Å². The van der Waals surface area contributed by atoms with Gasteiger partial charge in [0.2, 0.25) is 0 Å². The number of nitrogens with zero attached hydrogens (tertiary/aromatic N) is 3. The van der Waals surface area contributed by atoms with Gasteiger partial charge in [-0.2, -0.15) is 4.98 Å². The molecule has 0 fully saturated rings. The van der Waals surface area contributed by atoms with Crippen molar-refractivity contribution < 1.29 is 4.74 Å². The molecule has 0 atom stereocenters. The first-order chi connectivity index (χ1) is 11.2. The van der Waals surface area contributed by atoms with E-state index in [4.69, 9.17) is 4.74 Å². The Morgan fingerprint density at radius 3 is 2.70 bits per heavy atom. The van der Waals surface area contributed by atoms with Gasteiger partial charge >= 0.3 is 5.69 Å². The molecule has 0 aliphatic heterocycles. The van der Waals surface area contributed by atoms with E-state index in [1.165, 1.54) is 24.1 Å². The van der Waals surface area contributed by atoms with Gasteiger partial charge in [-0.1, -0.05) is 13.8 Å². The average molecular weight is 340 g/mol. The first kappa shape index (κ1) is 18.5. The Balaban J connectivity index is 2.23. The predicted molar refractivity (Wildman–Crippen MR) is 95.5 cm³/mol. The first-order valence-electron chi connectivity index (χ1n) is 8.67. The normalized spacial score (nSPS) is 14.3. The number of hydrogen-bond donors (Lipinski definition) is 0. The summed E-state index contributed by atoms with van der Waals surface area (Å²) in [7, 11) is 1.70. The largest absolute Gasteiger partial charge is 0.384 e. The zero-order valence-electron chi connectivity index (χ0n) is 14.6. The molecule has 0 spiro atoms. The van der Waals surface area contributed by atoms with Crippen molar-refractivity contribution in [3.05, 3.63) is 21.7 Å². The third-order valence-electron chi connectivity index (χ3n) is 4.51. The van der Waals surface area contributed by atoms with Crippen LogP contribution in [0.2, 0.25) is 0 Å². The van der Waals surface area contributed by atoms with Crippen molar-refractivity contribution in [2.45, 2.75) is 51.1 Å². The van der Waals surface area contributed by atoms with Crippen LogP contribution in [-0.4, -0.2) is 53.6 Å². The Kier molecular flexibility index (Phi) is 7.59. The third-order valence-corrected chi connectivity index (χ3v) is 5.49. The maximum Gasteiger partial charge on any atom is 0.348 e. The molecule has 1 aliphatic carbocycles. The molecule has 0 unspecified atom stereocenters. The van der Waals surface area contributed by atoms with Crippen LogP contribution < -0.4 is 5.69 Å². The second kappa shape index (κ2) is 9.45. The molecule has 1 aliphatic rings. The standard InChI is InChI=1S/C17H29N3O2S/c1-4-19(5-2)10-11-20-15-9-7-6-8-14(15)16(18-17(20)21)23-13-12-22-3/h4-13H2,1-3H3. The van der Waals surface area contributed by atoms with E-state index in [1.807, 2.05) is 4.57 Å². The van der Waals surface area contributed by atoms with Crippen molar-refractivity contribution >= 4 is 11.8 Å². The minimum Gasteiger partial charge on any atom is -0.384 e. The van der Waals surface area contributed by atoms with Crippen LogP contribution in [0.15, 0.2) is 9.82 Å². The highest BCUT2D eigenvalue weighted by Gasteiger charge is 2.20. The minimum absolute atomic E-state index is 0.0854. The van der Waals surface area contributed by atoms with Gasteiger partial charge in [0.1, 0.15) is 5.03 Å². The fourth-order valence-electron chi connectivity index (χ4n) is 3.10. The highest BCUT2D eigenvalue weighted by molar-refractivity contribution is 7.99. The summed E-state index contributed by atoms with van der Waals surface area (Å²) in [6.45, 7) is 8.71. The Morgan fingerprint density at radius 1 is 1.26 bits per heavy atom. The Morgan fingerprint density at radius 2 is 2.00 bits per heavy atom. The van der Waals surface area contributed by atoms with Crippen molar-refractivity contribution in [1.29, 1.82) is 0 Å². The highest BCUT2D eigenvalue weighted by atomic mass is 32.2. The lowest BCUT2D eigenvalue weighted by atomic mass is 9.97. The summed E-state index contributed by atoms with van der Waals surface area (Å²) in [5.74, 6) is 0.846. The Labute approximate surface area is 143 Å². The molecule has 5 nitrogen and oxygen atoms in total. The topological polar surface area (TPSA) is 47.4 Å². The molecule has 1 aromatic rings. The summed E-state index contributed by atoms with van der Waals surface area (Å²) in [5.41, 5.74) is 2.44. The van der Waals surface area contributed by atoms with Crippen molar-refractivity contribution in [2.75, 3.05) is 39.1 Å². The van der Waals surface area contributed by atoms with Crippen molar-refractivity contribution in [3.8, 4) is 0 Å². The van der Waals surface area contributed by atoms with Crippen LogP contribution in [-0.2, 0) is 24.1 Å². The fraction of sp³-hybridized carbons (Fsp3) is 0.765. The smallest absolute Gasteiger partial charge is 0.348 e. The van der Waals surface area contributed by atoms with Crippen LogP contribution in [0.4, 0.5) is 0 Å². The number of likely N-dealkylation sites (N-methyl/N-ethyl adjacent to an activating group) is 1. The number of fused-ring (bicyclic) bond motifs is 1. The van der Waals surface area contributed by atoms with Gasteiger partial charge in [0.05, 0.1) is 6.61 Å². The quantitative estimate of drug-likeness (QED) is 0.392. The van der Waals surface area contributed by atoms with E-state index in [0.29, 0.717) is 6.61 Å². The van der Waals surface area contributed by atoms with Gasteiger partial charge < -0.3 is 9.64 Å². The van der Waals surface area contributed by atoms with E-state index >= 15 is 0 Å². The summed E-state index contributed by atoms with van der Waals surface area (Å²) >= 11 is 1.66. The molecule has 0 radical (unpaired) electrons. The molecule has 0 bridgehead atoms. The second-order valence-corrected chi connectivity index (χ2v) is 6.94. The SMILES string of the molecule is CCN(CC)CCn1c2c(c(SCCOC)nc1=O)CCCC2. The number of ether oxygens (including phenoxy) is 1. The van der Waals surface area contributed by atoms with E-state index in [9.17, 15) is 4.79 Å². The monoisotopic (exact) mass is 339 g/mol. The van der Waals surface area contributed by atoms with E-state index in [1.54, 1.807) is 18.9 Å². The number of methoxy groups -OCH3 is 1. The maximum absolute atomic E-state index is 12.5. The molecule has 0 N–H and O–H groups in total. The van der Waals surface area contributed by atoms with Crippen LogP contribution >= 0.6 is 11.8 Å². The lowest BCUT2D eigenvalue weighted by molar-refractivity contribution is 0.218. The van der Waals surface area contributed by atoms with E-state index in [2.05, 4.69) is 23.7 Å². The summed E-state index contributed by atoms with van der Waals surface area (Å²) in [6, 6.07) is 0. The average Bonchev–Trinajstić information content (AvgIpc) is 2.58. The van der Waals surface area contributed by atoms with Crippen LogP contribution in [0.1, 0.15) is 37.9 Å². The van der Waals surface area contributed by atoms with Crippen LogP contribution in [0, 0.1) is 0 Å². The van der Waals surface area contributed by atoms with Crippen LogP contribution in [0.5, 0.6) is 0 Å². The van der Waals surface area contributed by atoms with Crippen molar-refractivity contribution in [1.82, 2.24) is 14.5 Å². The molecule has 0 saturated carbocycles. The van der Waals surface area contributed by atoms with Gasteiger partial charge in [-0.05, 0) is 38.8 Å². The zero-order chi connectivity index (χ0) is 16.7. The predicted octanol–water partition coefficient (Wildman–Crippen LogP) is 2.20. The summed E-state index contributed by atoms with van der Waals surface area (Å²) in [5, 5.41) is 0.931. The fourth-order valence-corrected chi connectivity index (χ4v) is 4.08. The maximum atomic E-state index is 12.5. The molecule has 0 aromatic carbocycles. The van der Waals surface area contributed by atoms with Gasteiger partial charge in [-0.15, -0.1) is 11.8 Å².